The molecule has 7 nitrogen and oxygen atoms in total. The molecule has 1 N–H and O–H groups in total. The van der Waals surface area contributed by atoms with E-state index in [2.05, 4.69) is 5.32 Å². The molecule has 156 valence electrons. The van der Waals surface area contributed by atoms with Crippen molar-refractivity contribution in [3.05, 3.63) is 91.5 Å². The number of non-ortho nitro benzene ring substituents is 1. The first-order valence-electron chi connectivity index (χ1n) is 10.1. The molecule has 7 heteroatoms. The normalized spacial score (nSPS) is 19.5. The first-order chi connectivity index (χ1) is 14.7. The third-order valence-electron chi connectivity index (χ3n) is 6.04. The highest BCUT2D eigenvalue weighted by Crippen LogP contribution is 2.50. The topological polar surface area (TPSA) is 102 Å². The van der Waals surface area contributed by atoms with Gasteiger partial charge in [0, 0.05) is 46.7 Å². The van der Waals surface area contributed by atoms with E-state index in [0.717, 1.165) is 0 Å². The molecule has 31 heavy (non-hydrogen) atoms. The van der Waals surface area contributed by atoms with Gasteiger partial charge in [0.25, 0.3) is 5.69 Å². The number of nitrogens with zero attached hydrogens (tertiary/aromatic N) is 1. The quantitative estimate of drug-likeness (QED) is 0.362. The van der Waals surface area contributed by atoms with Crippen LogP contribution in [-0.2, 0) is 4.79 Å². The monoisotopic (exact) mass is 416 g/mol. The van der Waals surface area contributed by atoms with E-state index in [1.165, 1.54) is 12.1 Å². The van der Waals surface area contributed by atoms with Crippen LogP contribution in [0.3, 0.4) is 0 Å². The Kier molecular flexibility index (Phi) is 4.12. The van der Waals surface area contributed by atoms with Gasteiger partial charge < -0.3 is 9.73 Å². The third-order valence-corrected chi connectivity index (χ3v) is 6.04. The number of benzene rings is 2. The van der Waals surface area contributed by atoms with Crippen molar-refractivity contribution in [1.29, 1.82) is 0 Å². The van der Waals surface area contributed by atoms with Gasteiger partial charge in [-0.3, -0.25) is 14.9 Å². The SMILES string of the molecule is CC1(C)CC(=O)C2=C(C1)Nc1c(c3ccccc3oc1=O)C2c1cccc([N+](=O)[O-])c1. The molecule has 1 aliphatic heterocycles. The highest BCUT2D eigenvalue weighted by molar-refractivity contribution is 6.03. The van der Waals surface area contributed by atoms with Crippen molar-refractivity contribution < 1.29 is 14.1 Å². The van der Waals surface area contributed by atoms with Crippen LogP contribution >= 0.6 is 0 Å². The molecule has 2 heterocycles. The minimum Gasteiger partial charge on any atom is -0.421 e. The molecule has 0 radical (unpaired) electrons. The van der Waals surface area contributed by atoms with E-state index in [-0.39, 0.29) is 16.9 Å². The number of fused-ring (bicyclic) bond motifs is 3. The third kappa shape index (κ3) is 3.04. The van der Waals surface area contributed by atoms with Crippen LogP contribution in [0.5, 0.6) is 0 Å². The van der Waals surface area contributed by atoms with Crippen molar-refractivity contribution in [3.63, 3.8) is 0 Å². The fraction of sp³-hybridized carbons (Fsp3) is 0.250. The molecular formula is C24H20N2O5. The zero-order valence-corrected chi connectivity index (χ0v) is 17.1. The lowest BCUT2D eigenvalue weighted by Gasteiger charge is -2.39. The molecule has 2 aromatic carbocycles. The summed E-state index contributed by atoms with van der Waals surface area (Å²) in [6.45, 7) is 4.02. The number of allylic oxidation sites excluding steroid dienone is 2. The summed E-state index contributed by atoms with van der Waals surface area (Å²) >= 11 is 0. The van der Waals surface area contributed by atoms with E-state index in [1.54, 1.807) is 24.3 Å². The number of carbonyl (C=O) groups excluding carboxylic acids is 1. The second-order valence-corrected chi connectivity index (χ2v) is 8.92. The Bertz CT molecular complexity index is 1370. The van der Waals surface area contributed by atoms with Gasteiger partial charge in [0.1, 0.15) is 11.3 Å². The van der Waals surface area contributed by atoms with Gasteiger partial charge in [0.2, 0.25) is 0 Å². The molecule has 0 saturated heterocycles. The van der Waals surface area contributed by atoms with Crippen LogP contribution in [0, 0.1) is 15.5 Å². The molecule has 0 spiro atoms. The average Bonchev–Trinajstić information content (AvgIpc) is 2.72. The van der Waals surface area contributed by atoms with Crippen molar-refractivity contribution in [2.75, 3.05) is 5.32 Å². The number of carbonyl (C=O) groups is 1. The van der Waals surface area contributed by atoms with Gasteiger partial charge in [-0.25, -0.2) is 4.79 Å². The van der Waals surface area contributed by atoms with E-state index in [0.29, 0.717) is 51.9 Å². The van der Waals surface area contributed by atoms with Gasteiger partial charge in [-0.15, -0.1) is 0 Å². The van der Waals surface area contributed by atoms with E-state index in [1.807, 2.05) is 26.0 Å². The van der Waals surface area contributed by atoms with E-state index < -0.39 is 16.5 Å². The lowest BCUT2D eigenvalue weighted by molar-refractivity contribution is -0.384. The molecule has 1 aliphatic carbocycles. The highest BCUT2D eigenvalue weighted by Gasteiger charge is 2.42. The van der Waals surface area contributed by atoms with Gasteiger partial charge in [-0.05, 0) is 23.5 Å². The van der Waals surface area contributed by atoms with Gasteiger partial charge in [-0.1, -0.05) is 44.2 Å². The smallest absolute Gasteiger partial charge is 0.360 e. The molecular weight excluding hydrogens is 396 g/mol. The molecule has 0 bridgehead atoms. The van der Waals surface area contributed by atoms with Crippen LogP contribution in [0.1, 0.15) is 43.7 Å². The van der Waals surface area contributed by atoms with Gasteiger partial charge >= 0.3 is 5.63 Å². The molecule has 0 amide bonds. The Morgan fingerprint density at radius 2 is 1.87 bits per heavy atom. The summed E-state index contributed by atoms with van der Waals surface area (Å²) in [6.07, 6.45) is 0.957. The minimum absolute atomic E-state index is 0.0155. The number of nitrogens with one attached hydrogen (secondary N) is 1. The van der Waals surface area contributed by atoms with Crippen LogP contribution in [-0.4, -0.2) is 10.7 Å². The van der Waals surface area contributed by atoms with Gasteiger partial charge in [0.05, 0.1) is 4.92 Å². The molecule has 1 atom stereocenters. The van der Waals surface area contributed by atoms with Crippen LogP contribution in [0.2, 0.25) is 0 Å². The Hall–Kier alpha value is -3.74. The summed E-state index contributed by atoms with van der Waals surface area (Å²) in [7, 11) is 0. The van der Waals surface area contributed by atoms with Crippen molar-refractivity contribution in [2.45, 2.75) is 32.6 Å². The number of nitro benzene ring substituents is 1. The first-order valence-corrected chi connectivity index (χ1v) is 10.1. The molecule has 1 unspecified atom stereocenters. The second kappa shape index (κ2) is 6.63. The maximum Gasteiger partial charge on any atom is 0.360 e. The minimum atomic E-state index is -0.594. The maximum atomic E-state index is 13.3. The highest BCUT2D eigenvalue weighted by atomic mass is 16.6. The number of para-hydroxylation sites is 1. The number of rotatable bonds is 2. The molecule has 2 aliphatic rings. The van der Waals surface area contributed by atoms with E-state index >= 15 is 0 Å². The number of hydrogen-bond acceptors (Lipinski definition) is 6. The Morgan fingerprint density at radius 1 is 1.10 bits per heavy atom. The summed E-state index contributed by atoms with van der Waals surface area (Å²) in [6, 6.07) is 13.4. The van der Waals surface area contributed by atoms with Crippen molar-refractivity contribution in [3.8, 4) is 0 Å². The van der Waals surface area contributed by atoms with Crippen LogP contribution in [0.4, 0.5) is 11.4 Å². The number of ketones is 1. The largest absolute Gasteiger partial charge is 0.421 e. The van der Waals surface area contributed by atoms with E-state index in [9.17, 15) is 19.7 Å². The van der Waals surface area contributed by atoms with E-state index in [4.69, 9.17) is 4.42 Å². The summed E-state index contributed by atoms with van der Waals surface area (Å²) in [5.74, 6) is -0.609. The summed E-state index contributed by atoms with van der Waals surface area (Å²) in [5, 5.41) is 15.3. The number of hydrogen-bond donors (Lipinski definition) is 1. The van der Waals surface area contributed by atoms with Crippen LogP contribution in [0.15, 0.2) is 69.0 Å². The lowest BCUT2D eigenvalue weighted by Crippen LogP contribution is -2.35. The predicted octanol–water partition coefficient (Wildman–Crippen LogP) is 4.90. The fourth-order valence-electron chi connectivity index (χ4n) is 4.82. The predicted molar refractivity (Wildman–Crippen MR) is 116 cm³/mol. The first kappa shape index (κ1) is 19.2. The van der Waals surface area contributed by atoms with Crippen LogP contribution in [0.25, 0.3) is 11.0 Å². The zero-order valence-electron chi connectivity index (χ0n) is 17.1. The average molecular weight is 416 g/mol. The Balaban J connectivity index is 1.86. The summed E-state index contributed by atoms with van der Waals surface area (Å²) < 4.78 is 5.53. The molecule has 0 fully saturated rings. The standard InChI is InChI=1S/C24H20N2O5/c1-24(2)11-16-21(17(27)12-24)19(13-6-5-7-14(10-13)26(29)30)20-15-8-3-4-9-18(15)31-23(28)22(20)25-16/h3-10,19,25H,11-12H2,1-2H3. The van der Waals surface area contributed by atoms with Crippen molar-refractivity contribution >= 4 is 28.1 Å². The van der Waals surface area contributed by atoms with Crippen molar-refractivity contribution in [2.24, 2.45) is 5.41 Å². The molecule has 3 aromatic rings. The van der Waals surface area contributed by atoms with Crippen LogP contribution < -0.4 is 10.9 Å². The molecule has 1 aromatic heterocycles. The zero-order chi connectivity index (χ0) is 21.9. The molecule has 0 saturated carbocycles. The van der Waals surface area contributed by atoms with Gasteiger partial charge in [-0.2, -0.15) is 0 Å². The summed E-state index contributed by atoms with van der Waals surface area (Å²) in [4.78, 5) is 37.2. The summed E-state index contributed by atoms with van der Waals surface area (Å²) in [5.41, 5.74) is 2.35. The second-order valence-electron chi connectivity index (χ2n) is 8.92. The Morgan fingerprint density at radius 3 is 2.65 bits per heavy atom. The fourth-order valence-corrected chi connectivity index (χ4v) is 4.82. The maximum absolute atomic E-state index is 13.3. The number of nitro groups is 1. The Labute approximate surface area is 177 Å². The van der Waals surface area contributed by atoms with Crippen molar-refractivity contribution in [1.82, 2.24) is 0 Å². The number of Topliss-reactive ketones (excluding diaryl/α,β-unsaturated/α-hetero) is 1. The lowest BCUT2D eigenvalue weighted by atomic mass is 9.68. The number of anilines is 1. The molecule has 5 rings (SSSR count). The van der Waals surface area contributed by atoms with Gasteiger partial charge in [0.15, 0.2) is 5.78 Å².